The van der Waals surface area contributed by atoms with Gasteiger partial charge in [-0.25, -0.2) is 8.42 Å². The van der Waals surface area contributed by atoms with E-state index in [0.717, 1.165) is 0 Å². The molecule has 0 fully saturated rings. The lowest BCUT2D eigenvalue weighted by Gasteiger charge is -2.14. The zero-order chi connectivity index (χ0) is 15.2. The number of carbonyl (C=O) groups excluding carboxylic acids is 2. The van der Waals surface area contributed by atoms with Crippen molar-refractivity contribution in [3.05, 3.63) is 64.1 Å². The first-order valence-electron chi connectivity index (χ1n) is 5.91. The highest BCUT2D eigenvalue weighted by Crippen LogP contribution is 2.29. The molecule has 5 nitrogen and oxygen atoms in total. The van der Waals surface area contributed by atoms with Crippen molar-refractivity contribution in [2.45, 2.75) is 4.90 Å². The second-order valence-electron chi connectivity index (χ2n) is 4.38. The molecule has 0 bridgehead atoms. The number of sulfonamides is 1. The Morgan fingerprint density at radius 3 is 1.95 bits per heavy atom. The smallest absolute Gasteiger partial charge is 0.267 e. The number of hydrogen-bond donors (Lipinski definition) is 0. The number of fused-ring (bicyclic) bond motifs is 1. The molecule has 2 aromatic rings. The van der Waals surface area contributed by atoms with Crippen molar-refractivity contribution in [3.8, 4) is 0 Å². The predicted molar refractivity (Wildman–Crippen MR) is 78.3 cm³/mol. The van der Waals surface area contributed by atoms with Crippen molar-refractivity contribution >= 4 is 37.8 Å². The first kappa shape index (κ1) is 14.0. The number of benzene rings is 2. The van der Waals surface area contributed by atoms with E-state index in [4.69, 9.17) is 0 Å². The number of halogens is 1. The quantitative estimate of drug-likeness (QED) is 0.766. The van der Waals surface area contributed by atoms with Crippen molar-refractivity contribution < 1.29 is 18.0 Å². The highest BCUT2D eigenvalue weighted by atomic mass is 79.9. The zero-order valence-corrected chi connectivity index (χ0v) is 12.9. The number of rotatable bonds is 2. The largest absolute Gasteiger partial charge is 0.275 e. The molecule has 7 heteroatoms. The summed E-state index contributed by atoms with van der Waals surface area (Å²) in [7, 11) is -4.22. The molecule has 0 unspecified atom stereocenters. The molecule has 0 atom stereocenters. The van der Waals surface area contributed by atoms with Crippen molar-refractivity contribution in [1.29, 1.82) is 0 Å². The van der Waals surface area contributed by atoms with Crippen molar-refractivity contribution in [1.82, 2.24) is 4.31 Å². The van der Waals surface area contributed by atoms with E-state index < -0.39 is 21.8 Å². The number of nitrogens with zero attached hydrogens (tertiary/aromatic N) is 1. The van der Waals surface area contributed by atoms with E-state index >= 15 is 0 Å². The van der Waals surface area contributed by atoms with Gasteiger partial charge in [-0.15, -0.1) is 0 Å². The van der Waals surface area contributed by atoms with Crippen LogP contribution in [0.3, 0.4) is 0 Å². The van der Waals surface area contributed by atoms with E-state index in [9.17, 15) is 18.0 Å². The fourth-order valence-electron chi connectivity index (χ4n) is 2.12. The Bertz CT molecular complexity index is 841. The number of hydrogen-bond acceptors (Lipinski definition) is 4. The Morgan fingerprint density at radius 2 is 1.43 bits per heavy atom. The molecule has 106 valence electrons. The topological polar surface area (TPSA) is 71.5 Å². The molecule has 1 heterocycles. The Morgan fingerprint density at radius 1 is 0.857 bits per heavy atom. The molecule has 21 heavy (non-hydrogen) atoms. The summed E-state index contributed by atoms with van der Waals surface area (Å²) in [6, 6.07) is 11.9. The lowest BCUT2D eigenvalue weighted by molar-refractivity contribution is 0.0765. The van der Waals surface area contributed by atoms with Gasteiger partial charge in [-0.1, -0.05) is 34.1 Å². The molecule has 2 amide bonds. The molecule has 1 aliphatic rings. The molecule has 0 spiro atoms. The van der Waals surface area contributed by atoms with Gasteiger partial charge < -0.3 is 0 Å². The maximum Gasteiger partial charge on any atom is 0.275 e. The third-order valence-electron chi connectivity index (χ3n) is 3.09. The normalized spacial score (nSPS) is 14.4. The van der Waals surface area contributed by atoms with Crippen LogP contribution in [0.5, 0.6) is 0 Å². The van der Waals surface area contributed by atoms with Crippen LogP contribution in [0.1, 0.15) is 20.7 Å². The SMILES string of the molecule is O=C1c2ccccc2C(=O)N1S(=O)(=O)c1cccc(Br)c1. The van der Waals surface area contributed by atoms with E-state index in [2.05, 4.69) is 15.9 Å². The molecule has 2 aromatic carbocycles. The van der Waals surface area contributed by atoms with Crippen LogP contribution in [0.25, 0.3) is 0 Å². The van der Waals surface area contributed by atoms with Crippen LogP contribution >= 0.6 is 15.9 Å². The van der Waals surface area contributed by atoms with Crippen LogP contribution < -0.4 is 0 Å². The molecule has 0 aliphatic carbocycles. The molecule has 0 saturated carbocycles. The van der Waals surface area contributed by atoms with Gasteiger partial charge in [-0.3, -0.25) is 9.59 Å². The van der Waals surface area contributed by atoms with Gasteiger partial charge in [0.25, 0.3) is 21.8 Å². The van der Waals surface area contributed by atoms with Gasteiger partial charge in [0, 0.05) is 4.47 Å². The number of carbonyl (C=O) groups is 2. The molecular formula is C14H8BrNO4S. The Kier molecular flexibility index (Phi) is 3.18. The van der Waals surface area contributed by atoms with Gasteiger partial charge in [0.1, 0.15) is 0 Å². The van der Waals surface area contributed by atoms with Gasteiger partial charge >= 0.3 is 0 Å². The van der Waals surface area contributed by atoms with E-state index in [1.807, 2.05) is 0 Å². The Hall–Kier alpha value is -1.99. The second-order valence-corrected chi connectivity index (χ2v) is 7.09. The van der Waals surface area contributed by atoms with Crippen LogP contribution in [0.2, 0.25) is 0 Å². The Balaban J connectivity index is 2.14. The third kappa shape index (κ3) is 2.09. The minimum atomic E-state index is -4.22. The summed E-state index contributed by atoms with van der Waals surface area (Å²) in [5.74, 6) is -1.65. The predicted octanol–water partition coefficient (Wildman–Crippen LogP) is 2.43. The van der Waals surface area contributed by atoms with E-state index in [-0.39, 0.29) is 16.0 Å². The fourth-order valence-corrected chi connectivity index (χ4v) is 4.04. The fraction of sp³-hybridized carbons (Fsp3) is 0. The van der Waals surface area contributed by atoms with Gasteiger partial charge in [0.15, 0.2) is 0 Å². The highest BCUT2D eigenvalue weighted by Gasteiger charge is 2.43. The van der Waals surface area contributed by atoms with Crippen LogP contribution in [0, 0.1) is 0 Å². The van der Waals surface area contributed by atoms with Gasteiger partial charge in [-0.2, -0.15) is 4.31 Å². The maximum absolute atomic E-state index is 12.5. The van der Waals surface area contributed by atoms with Crippen LogP contribution in [-0.4, -0.2) is 24.5 Å². The molecule has 1 aliphatic heterocycles. The van der Waals surface area contributed by atoms with Crippen molar-refractivity contribution in [2.24, 2.45) is 0 Å². The summed E-state index contributed by atoms with van der Waals surface area (Å²) < 4.78 is 25.9. The summed E-state index contributed by atoms with van der Waals surface area (Å²) in [5, 5.41) is 0. The summed E-state index contributed by atoms with van der Waals surface area (Å²) >= 11 is 3.17. The van der Waals surface area contributed by atoms with Crippen LogP contribution in [-0.2, 0) is 10.0 Å². The van der Waals surface area contributed by atoms with Crippen LogP contribution in [0.4, 0.5) is 0 Å². The minimum absolute atomic E-state index is 0.0982. The Labute approximate surface area is 129 Å². The van der Waals surface area contributed by atoms with Crippen molar-refractivity contribution in [3.63, 3.8) is 0 Å². The average Bonchev–Trinajstić information content (AvgIpc) is 2.72. The second kappa shape index (κ2) is 4.78. The summed E-state index contributed by atoms with van der Waals surface area (Å²) in [4.78, 5) is 24.3. The minimum Gasteiger partial charge on any atom is -0.267 e. The lowest BCUT2D eigenvalue weighted by Crippen LogP contribution is -2.36. The summed E-state index contributed by atoms with van der Waals surface area (Å²) in [6.45, 7) is 0. The van der Waals surface area contributed by atoms with Crippen LogP contribution in [0.15, 0.2) is 57.9 Å². The number of imide groups is 1. The molecular weight excluding hydrogens is 358 g/mol. The summed E-state index contributed by atoms with van der Waals surface area (Å²) in [5.41, 5.74) is 0.196. The van der Waals surface area contributed by atoms with E-state index in [1.54, 1.807) is 18.2 Å². The number of amides is 2. The average molecular weight is 366 g/mol. The maximum atomic E-state index is 12.5. The van der Waals surface area contributed by atoms with Crippen molar-refractivity contribution in [2.75, 3.05) is 0 Å². The summed E-state index contributed by atoms with van der Waals surface area (Å²) in [6.07, 6.45) is 0. The monoisotopic (exact) mass is 365 g/mol. The first-order chi connectivity index (χ1) is 9.93. The molecule has 0 N–H and O–H groups in total. The highest BCUT2D eigenvalue weighted by molar-refractivity contribution is 9.10. The molecule has 0 aromatic heterocycles. The third-order valence-corrected chi connectivity index (χ3v) is 5.25. The van der Waals surface area contributed by atoms with E-state index in [0.29, 0.717) is 8.78 Å². The van der Waals surface area contributed by atoms with Gasteiger partial charge in [0.2, 0.25) is 0 Å². The zero-order valence-electron chi connectivity index (χ0n) is 10.5. The molecule has 0 saturated heterocycles. The standard InChI is InChI=1S/C14H8BrNO4S/c15-9-4-3-5-10(8-9)21(19,20)16-13(17)11-6-1-2-7-12(11)14(16)18/h1-8H. The van der Waals surface area contributed by atoms with Gasteiger partial charge in [0.05, 0.1) is 16.0 Å². The van der Waals surface area contributed by atoms with Gasteiger partial charge in [-0.05, 0) is 30.3 Å². The lowest BCUT2D eigenvalue weighted by atomic mass is 10.1. The molecule has 0 radical (unpaired) electrons. The first-order valence-corrected chi connectivity index (χ1v) is 8.15. The molecule has 3 rings (SSSR count). The van der Waals surface area contributed by atoms with E-state index in [1.165, 1.54) is 30.3 Å².